The second kappa shape index (κ2) is 5.90. The summed E-state index contributed by atoms with van der Waals surface area (Å²) in [5.41, 5.74) is 0. The lowest BCUT2D eigenvalue weighted by Gasteiger charge is -1.88. The van der Waals surface area contributed by atoms with Gasteiger partial charge < -0.3 is 0 Å². The Kier molecular flexibility index (Phi) is 5.75. The van der Waals surface area contributed by atoms with Crippen molar-refractivity contribution in [3.8, 4) is 0 Å². The first-order chi connectivity index (χ1) is 4.27. The van der Waals surface area contributed by atoms with Gasteiger partial charge in [-0.2, -0.15) is 0 Å². The molecule has 0 aromatic heterocycles. The summed E-state index contributed by atoms with van der Waals surface area (Å²) in [5.74, 6) is 0. The number of rotatable bonds is 4. The standard InChI is InChI=1S/C8H12Cl/c1-3-4-5-6-7-8(2)9/h2,4-5H,3,6-7H2,1H3/b5-4-,8-2?. The number of hydrogen-bond donors (Lipinski definition) is 0. The largest absolute Gasteiger partial charge is 0.0891 e. The molecule has 51 valence electrons. The van der Waals surface area contributed by atoms with Crippen LogP contribution in [0.2, 0.25) is 0 Å². The third-order valence-electron chi connectivity index (χ3n) is 0.952. The van der Waals surface area contributed by atoms with E-state index in [2.05, 4.69) is 19.1 Å². The fraction of sp³-hybridized carbons (Fsp3) is 0.500. The SMILES string of the molecule is [CH]=C(Cl)CC/C=C\CC. The maximum atomic E-state index is 5.42. The van der Waals surface area contributed by atoms with Crippen LogP contribution in [0.25, 0.3) is 0 Å². The van der Waals surface area contributed by atoms with Gasteiger partial charge in [-0.1, -0.05) is 30.7 Å². The minimum absolute atomic E-state index is 0.496. The summed E-state index contributed by atoms with van der Waals surface area (Å²) in [4.78, 5) is 0. The van der Waals surface area contributed by atoms with E-state index in [0.717, 1.165) is 19.3 Å². The zero-order valence-corrected chi connectivity index (χ0v) is 6.49. The van der Waals surface area contributed by atoms with Gasteiger partial charge in [0.25, 0.3) is 0 Å². The average molecular weight is 144 g/mol. The monoisotopic (exact) mass is 143 g/mol. The molecule has 0 aliphatic heterocycles. The normalized spacial score (nSPS) is 10.4. The maximum absolute atomic E-state index is 5.42. The summed E-state index contributed by atoms with van der Waals surface area (Å²) in [7, 11) is 0. The van der Waals surface area contributed by atoms with E-state index >= 15 is 0 Å². The molecule has 0 spiro atoms. The van der Waals surface area contributed by atoms with Gasteiger partial charge in [-0.05, 0) is 25.8 Å². The molecule has 0 saturated heterocycles. The van der Waals surface area contributed by atoms with Gasteiger partial charge in [0.1, 0.15) is 0 Å². The van der Waals surface area contributed by atoms with Gasteiger partial charge in [0.2, 0.25) is 0 Å². The first-order valence-corrected chi connectivity index (χ1v) is 3.57. The van der Waals surface area contributed by atoms with Crippen LogP contribution in [-0.4, -0.2) is 0 Å². The van der Waals surface area contributed by atoms with Crippen LogP contribution in [-0.2, 0) is 0 Å². The minimum Gasteiger partial charge on any atom is -0.0891 e. The summed E-state index contributed by atoms with van der Waals surface area (Å²) >= 11 is 5.42. The quantitative estimate of drug-likeness (QED) is 0.530. The molecule has 1 heteroatoms. The number of allylic oxidation sites excluding steroid dienone is 3. The van der Waals surface area contributed by atoms with Crippen molar-refractivity contribution in [3.63, 3.8) is 0 Å². The van der Waals surface area contributed by atoms with Gasteiger partial charge in [-0.15, -0.1) is 0 Å². The van der Waals surface area contributed by atoms with E-state index in [4.69, 9.17) is 18.2 Å². The molecule has 9 heavy (non-hydrogen) atoms. The van der Waals surface area contributed by atoms with Crippen molar-refractivity contribution in [3.05, 3.63) is 23.8 Å². The molecule has 0 amide bonds. The summed E-state index contributed by atoms with van der Waals surface area (Å²) in [6.45, 7) is 7.32. The van der Waals surface area contributed by atoms with Crippen LogP contribution >= 0.6 is 11.6 Å². The topological polar surface area (TPSA) is 0 Å². The van der Waals surface area contributed by atoms with E-state index in [1.165, 1.54) is 0 Å². The third kappa shape index (κ3) is 7.77. The molecule has 1 radical (unpaired) electrons. The van der Waals surface area contributed by atoms with Crippen molar-refractivity contribution < 1.29 is 0 Å². The molecule has 0 fully saturated rings. The predicted molar refractivity (Wildman–Crippen MR) is 42.3 cm³/mol. The van der Waals surface area contributed by atoms with Crippen molar-refractivity contribution in [1.29, 1.82) is 0 Å². The van der Waals surface area contributed by atoms with Crippen LogP contribution in [0.15, 0.2) is 17.2 Å². The first kappa shape index (κ1) is 8.77. The highest BCUT2D eigenvalue weighted by Crippen LogP contribution is 2.06. The molecule has 0 bridgehead atoms. The molecule has 0 aliphatic carbocycles. The van der Waals surface area contributed by atoms with Crippen LogP contribution in [0.1, 0.15) is 26.2 Å². The van der Waals surface area contributed by atoms with Gasteiger partial charge >= 0.3 is 0 Å². The summed E-state index contributed by atoms with van der Waals surface area (Å²) in [5, 5.41) is 0.496. The second-order valence-corrected chi connectivity index (χ2v) is 2.35. The molecular weight excluding hydrogens is 132 g/mol. The average Bonchev–Trinajstić information content (AvgIpc) is 1.80. The number of halogens is 1. The van der Waals surface area contributed by atoms with Crippen molar-refractivity contribution >= 4 is 11.6 Å². The first-order valence-electron chi connectivity index (χ1n) is 3.19. The minimum atomic E-state index is 0.496. The van der Waals surface area contributed by atoms with Crippen LogP contribution in [0.4, 0.5) is 0 Å². The van der Waals surface area contributed by atoms with Crippen molar-refractivity contribution in [2.24, 2.45) is 0 Å². The van der Waals surface area contributed by atoms with Crippen LogP contribution in [0.3, 0.4) is 0 Å². The summed E-state index contributed by atoms with van der Waals surface area (Å²) < 4.78 is 0. The van der Waals surface area contributed by atoms with Gasteiger partial charge in [0.15, 0.2) is 0 Å². The fourth-order valence-electron chi connectivity index (χ4n) is 0.506. The molecule has 0 N–H and O–H groups in total. The highest BCUT2D eigenvalue weighted by molar-refractivity contribution is 6.28. The Morgan fingerprint density at radius 1 is 1.56 bits per heavy atom. The van der Waals surface area contributed by atoms with Crippen LogP contribution in [0, 0.1) is 6.58 Å². The van der Waals surface area contributed by atoms with E-state index < -0.39 is 0 Å². The van der Waals surface area contributed by atoms with E-state index in [1.807, 2.05) is 0 Å². The number of hydrogen-bond acceptors (Lipinski definition) is 0. The Bertz CT molecular complexity index is 103. The molecule has 0 atom stereocenters. The van der Waals surface area contributed by atoms with Gasteiger partial charge in [-0.3, -0.25) is 0 Å². The highest BCUT2D eigenvalue weighted by Gasteiger charge is 1.83. The fourth-order valence-corrected chi connectivity index (χ4v) is 0.615. The molecule has 0 heterocycles. The lowest BCUT2D eigenvalue weighted by atomic mass is 10.3. The Morgan fingerprint density at radius 3 is 2.67 bits per heavy atom. The molecular formula is C8H12Cl. The third-order valence-corrected chi connectivity index (χ3v) is 1.14. The van der Waals surface area contributed by atoms with Crippen molar-refractivity contribution in [2.45, 2.75) is 26.2 Å². The predicted octanol–water partition coefficient (Wildman–Crippen LogP) is 3.29. The Morgan fingerprint density at radius 2 is 2.22 bits per heavy atom. The van der Waals surface area contributed by atoms with Gasteiger partial charge in [0, 0.05) is 5.03 Å². The molecule has 0 aromatic rings. The van der Waals surface area contributed by atoms with Crippen molar-refractivity contribution in [2.75, 3.05) is 0 Å². The van der Waals surface area contributed by atoms with E-state index in [-0.39, 0.29) is 0 Å². The van der Waals surface area contributed by atoms with E-state index in [0.29, 0.717) is 5.03 Å². The molecule has 0 unspecified atom stereocenters. The van der Waals surface area contributed by atoms with E-state index in [1.54, 1.807) is 0 Å². The van der Waals surface area contributed by atoms with Gasteiger partial charge in [-0.25, -0.2) is 0 Å². The zero-order valence-electron chi connectivity index (χ0n) is 5.73. The van der Waals surface area contributed by atoms with Gasteiger partial charge in [0.05, 0.1) is 0 Å². The highest BCUT2D eigenvalue weighted by atomic mass is 35.5. The maximum Gasteiger partial charge on any atom is 0.0184 e. The molecule has 0 nitrogen and oxygen atoms in total. The lowest BCUT2D eigenvalue weighted by molar-refractivity contribution is 1.02. The molecule has 0 saturated carbocycles. The Balaban J connectivity index is 3.09. The van der Waals surface area contributed by atoms with Crippen molar-refractivity contribution in [1.82, 2.24) is 0 Å². The summed E-state index contributed by atoms with van der Waals surface area (Å²) in [6, 6.07) is 0. The smallest absolute Gasteiger partial charge is 0.0184 e. The second-order valence-electron chi connectivity index (χ2n) is 1.87. The molecule has 0 rings (SSSR count). The molecule has 0 aliphatic rings. The van der Waals surface area contributed by atoms with E-state index in [9.17, 15) is 0 Å². The van der Waals surface area contributed by atoms with Crippen LogP contribution < -0.4 is 0 Å². The van der Waals surface area contributed by atoms with Crippen LogP contribution in [0.5, 0.6) is 0 Å². The Labute approximate surface area is 62.2 Å². The zero-order chi connectivity index (χ0) is 7.11. The molecule has 0 aromatic carbocycles. The Hall–Kier alpha value is -0.230. The lowest BCUT2D eigenvalue weighted by Crippen LogP contribution is -1.67. The summed E-state index contributed by atoms with van der Waals surface area (Å²) in [6.07, 6.45) is 7.04.